The van der Waals surface area contributed by atoms with Crippen LogP contribution in [0.1, 0.15) is 54.5 Å². The Morgan fingerprint density at radius 2 is 1.95 bits per heavy atom. The van der Waals surface area contributed by atoms with E-state index >= 15 is 0 Å². The minimum Gasteiger partial charge on any atom is -0.507 e. The number of aromatic nitrogens is 1. The van der Waals surface area contributed by atoms with Crippen LogP contribution < -0.4 is 21.4 Å². The van der Waals surface area contributed by atoms with Crippen LogP contribution in [0.25, 0.3) is 0 Å². The third-order valence-corrected chi connectivity index (χ3v) is 8.60. The Morgan fingerprint density at radius 3 is 2.62 bits per heavy atom. The van der Waals surface area contributed by atoms with E-state index in [2.05, 4.69) is 15.0 Å². The lowest BCUT2D eigenvalue weighted by Crippen LogP contribution is -2.46. The maximum atomic E-state index is 13.2. The number of nitrogens with zero attached hydrogens (tertiary/aromatic N) is 2. The molecule has 2 fully saturated rings. The third kappa shape index (κ3) is 6.35. The topological polar surface area (TPSA) is 168 Å². The number of piperazine rings is 1. The average Bonchev–Trinajstić information content (AvgIpc) is 3.79. The Hall–Kier alpha value is -3.74. The number of carbonyl (C=O) groups excluding carboxylic acids is 1. The van der Waals surface area contributed by atoms with Gasteiger partial charge in [0.15, 0.2) is 5.03 Å². The fraction of sp³-hybridized carbons (Fsp3) is 0.393. The van der Waals surface area contributed by atoms with Crippen molar-refractivity contribution in [1.82, 2.24) is 15.2 Å². The summed E-state index contributed by atoms with van der Waals surface area (Å²) in [6, 6.07) is 12.0. The molecule has 0 radical (unpaired) electrons. The molecule has 1 aliphatic heterocycles. The van der Waals surface area contributed by atoms with Crippen LogP contribution in [0.3, 0.4) is 0 Å². The first kappa shape index (κ1) is 27.8. The van der Waals surface area contributed by atoms with Crippen molar-refractivity contribution in [2.24, 2.45) is 11.7 Å². The van der Waals surface area contributed by atoms with Gasteiger partial charge >= 0.3 is 5.63 Å². The molecule has 5 N–H and O–H groups in total. The van der Waals surface area contributed by atoms with Crippen LogP contribution in [0.15, 0.2) is 69.0 Å². The fourth-order valence-electron chi connectivity index (χ4n) is 5.08. The quantitative estimate of drug-likeness (QED) is 0.287. The second-order valence-corrected chi connectivity index (χ2v) is 11.9. The molecule has 212 valence electrons. The van der Waals surface area contributed by atoms with E-state index in [0.29, 0.717) is 24.3 Å². The maximum Gasteiger partial charge on any atom is 0.343 e. The smallest absolute Gasteiger partial charge is 0.343 e. The number of benzene rings is 1. The molecular weight excluding hydrogens is 534 g/mol. The van der Waals surface area contributed by atoms with Gasteiger partial charge in [0.2, 0.25) is 5.91 Å². The van der Waals surface area contributed by atoms with E-state index < -0.39 is 27.6 Å². The number of nitrogens with one attached hydrogen (secondary N) is 2. The van der Waals surface area contributed by atoms with Gasteiger partial charge in [-0.05, 0) is 55.0 Å². The summed E-state index contributed by atoms with van der Waals surface area (Å²) in [4.78, 5) is 31.4. The minimum atomic E-state index is -3.91. The number of pyridine rings is 1. The highest BCUT2D eigenvalue weighted by atomic mass is 32.2. The molecule has 40 heavy (non-hydrogen) atoms. The van der Waals surface area contributed by atoms with E-state index in [1.165, 1.54) is 18.3 Å². The second-order valence-electron chi connectivity index (χ2n) is 10.2. The highest BCUT2D eigenvalue weighted by molar-refractivity contribution is 7.92. The van der Waals surface area contributed by atoms with Crippen molar-refractivity contribution >= 4 is 21.6 Å². The van der Waals surface area contributed by atoms with Crippen molar-refractivity contribution in [1.29, 1.82) is 0 Å². The zero-order valence-electron chi connectivity index (χ0n) is 22.0. The normalized spacial score (nSPS) is 17.3. The molecule has 5 rings (SSSR count). The summed E-state index contributed by atoms with van der Waals surface area (Å²) in [6.45, 7) is 2.80. The first-order valence-electron chi connectivity index (χ1n) is 13.4. The molecule has 0 bridgehead atoms. The van der Waals surface area contributed by atoms with Gasteiger partial charge in [-0.25, -0.2) is 9.78 Å². The Kier molecular flexibility index (Phi) is 8.19. The molecule has 11 nitrogen and oxygen atoms in total. The van der Waals surface area contributed by atoms with Gasteiger partial charge in [-0.15, -0.1) is 0 Å². The number of amides is 1. The van der Waals surface area contributed by atoms with Crippen LogP contribution in [-0.2, 0) is 14.8 Å². The average molecular weight is 568 g/mol. The monoisotopic (exact) mass is 567 g/mol. The van der Waals surface area contributed by atoms with Gasteiger partial charge in [0.05, 0.1) is 11.6 Å². The molecule has 1 amide bonds. The first-order chi connectivity index (χ1) is 19.2. The van der Waals surface area contributed by atoms with Crippen molar-refractivity contribution in [2.75, 3.05) is 30.9 Å². The molecule has 2 aromatic heterocycles. The molecule has 2 atom stereocenters. The summed E-state index contributed by atoms with van der Waals surface area (Å²) in [6.07, 6.45) is 3.58. The number of rotatable bonds is 10. The highest BCUT2D eigenvalue weighted by Crippen LogP contribution is 2.48. The van der Waals surface area contributed by atoms with Crippen LogP contribution >= 0.6 is 0 Å². The first-order valence-corrected chi connectivity index (χ1v) is 14.9. The van der Waals surface area contributed by atoms with E-state index in [-0.39, 0.29) is 46.8 Å². The van der Waals surface area contributed by atoms with Gasteiger partial charge in [-0.2, -0.15) is 8.42 Å². The van der Waals surface area contributed by atoms with Gasteiger partial charge in [-0.3, -0.25) is 9.52 Å². The lowest BCUT2D eigenvalue weighted by atomic mass is 9.87. The van der Waals surface area contributed by atoms with E-state index in [9.17, 15) is 23.1 Å². The van der Waals surface area contributed by atoms with Gasteiger partial charge in [0.25, 0.3) is 10.0 Å². The maximum absolute atomic E-state index is 13.2. The molecule has 1 aliphatic carbocycles. The minimum absolute atomic E-state index is 0.00696. The van der Waals surface area contributed by atoms with Crippen LogP contribution in [0.4, 0.5) is 5.69 Å². The lowest BCUT2D eigenvalue weighted by Gasteiger charge is -2.27. The third-order valence-electron chi connectivity index (χ3n) is 7.31. The predicted molar refractivity (Wildman–Crippen MR) is 148 cm³/mol. The second kappa shape index (κ2) is 11.8. The molecule has 1 aromatic carbocycles. The van der Waals surface area contributed by atoms with Crippen molar-refractivity contribution < 1.29 is 22.7 Å². The molecule has 12 heteroatoms. The summed E-state index contributed by atoms with van der Waals surface area (Å²) < 4.78 is 33.7. The number of hydrogen-bond donors (Lipinski definition) is 4. The van der Waals surface area contributed by atoms with Crippen LogP contribution in [0.2, 0.25) is 0 Å². The van der Waals surface area contributed by atoms with Crippen molar-refractivity contribution in [3.63, 3.8) is 0 Å². The SMILES string of the molecule is NC(CCC(=O)N1CCNCC1)c1cc(O)c(C(c2cccc(NS(=O)(=O)c3ccccn3)c2)C2CC2)c(=O)o1. The largest absolute Gasteiger partial charge is 0.507 e. The van der Waals surface area contributed by atoms with Crippen molar-refractivity contribution in [2.45, 2.75) is 42.7 Å². The molecular formula is C28H33N5O6S. The zero-order valence-corrected chi connectivity index (χ0v) is 22.8. The summed E-state index contributed by atoms with van der Waals surface area (Å²) in [5, 5.41) is 14.1. The predicted octanol–water partition coefficient (Wildman–Crippen LogP) is 2.29. The van der Waals surface area contributed by atoms with Crippen molar-refractivity contribution in [3.05, 3.63) is 82.0 Å². The Morgan fingerprint density at radius 1 is 1.18 bits per heavy atom. The molecule has 3 aromatic rings. The summed E-state index contributed by atoms with van der Waals surface area (Å²) in [5.74, 6) is -0.521. The zero-order chi connectivity index (χ0) is 28.3. The van der Waals surface area contributed by atoms with Crippen LogP contribution in [0.5, 0.6) is 5.75 Å². The van der Waals surface area contributed by atoms with E-state index in [4.69, 9.17) is 10.2 Å². The van der Waals surface area contributed by atoms with E-state index in [1.54, 1.807) is 41.3 Å². The number of aromatic hydroxyl groups is 1. The molecule has 1 saturated heterocycles. The van der Waals surface area contributed by atoms with E-state index in [0.717, 1.165) is 25.9 Å². The standard InChI is InChI=1S/C28H33N5O6S/c29-21(9-10-25(35)33-14-12-30-13-15-33)23-17-22(34)27(28(36)39-23)26(18-7-8-18)19-4-3-5-20(16-19)32-40(37,38)24-6-1-2-11-31-24/h1-6,11,16-18,21,26,30,32,34H,7-10,12-15,29H2. The summed E-state index contributed by atoms with van der Waals surface area (Å²) in [5.41, 5.74) is 6.64. The van der Waals surface area contributed by atoms with Gasteiger partial charge in [0.1, 0.15) is 11.5 Å². The number of nitrogens with two attached hydrogens (primary N) is 1. The number of hydrogen-bond acceptors (Lipinski definition) is 9. The van der Waals surface area contributed by atoms with Crippen molar-refractivity contribution in [3.8, 4) is 5.75 Å². The molecule has 0 spiro atoms. The van der Waals surface area contributed by atoms with Gasteiger partial charge in [-0.1, -0.05) is 18.2 Å². The van der Waals surface area contributed by atoms with Gasteiger partial charge < -0.3 is 25.5 Å². The molecule has 1 saturated carbocycles. The van der Waals surface area contributed by atoms with Crippen LogP contribution in [-0.4, -0.2) is 55.5 Å². The molecule has 2 unspecified atom stereocenters. The Balaban J connectivity index is 1.35. The number of sulfonamides is 1. The summed E-state index contributed by atoms with van der Waals surface area (Å²) in [7, 11) is -3.91. The number of anilines is 1. The lowest BCUT2D eigenvalue weighted by molar-refractivity contribution is -0.131. The fourth-order valence-corrected chi connectivity index (χ4v) is 6.08. The number of carbonyl (C=O) groups is 1. The molecule has 3 heterocycles. The summed E-state index contributed by atoms with van der Waals surface area (Å²) >= 11 is 0. The van der Waals surface area contributed by atoms with Gasteiger partial charge in [0, 0.05) is 56.5 Å². The van der Waals surface area contributed by atoms with E-state index in [1.807, 2.05) is 0 Å². The Bertz CT molecular complexity index is 1520. The molecule has 2 aliphatic rings. The Labute approximate surface area is 232 Å². The highest BCUT2D eigenvalue weighted by Gasteiger charge is 2.38. The van der Waals surface area contributed by atoms with Crippen LogP contribution in [0, 0.1) is 5.92 Å².